The summed E-state index contributed by atoms with van der Waals surface area (Å²) in [5.41, 5.74) is 1.54. The van der Waals surface area contributed by atoms with Crippen LogP contribution in [0.4, 0.5) is 0 Å². The fraction of sp³-hybridized carbons (Fsp3) is 0.474. The first-order chi connectivity index (χ1) is 12.2. The van der Waals surface area contributed by atoms with Crippen molar-refractivity contribution in [2.45, 2.75) is 43.1 Å². The fourth-order valence-electron chi connectivity index (χ4n) is 3.11. The van der Waals surface area contributed by atoms with Gasteiger partial charge in [0.25, 0.3) is 5.91 Å². The highest BCUT2D eigenvalue weighted by Gasteiger charge is 2.24. The zero-order chi connectivity index (χ0) is 17.6. The molecule has 134 valence electrons. The molecule has 1 aliphatic rings. The van der Waals surface area contributed by atoms with E-state index in [0.717, 1.165) is 10.9 Å². The van der Waals surface area contributed by atoms with Gasteiger partial charge in [-0.2, -0.15) is 11.8 Å². The van der Waals surface area contributed by atoms with Crippen molar-refractivity contribution in [3.8, 4) is 0 Å². The lowest BCUT2D eigenvalue weighted by Crippen LogP contribution is -2.25. The Balaban J connectivity index is 1.78. The monoisotopic (exact) mass is 361 g/mol. The first-order valence-corrected chi connectivity index (χ1v) is 9.73. The van der Waals surface area contributed by atoms with Crippen molar-refractivity contribution in [1.29, 1.82) is 0 Å². The van der Waals surface area contributed by atoms with Crippen LogP contribution in [-0.2, 0) is 15.3 Å². The van der Waals surface area contributed by atoms with E-state index in [4.69, 9.17) is 9.15 Å². The molecule has 25 heavy (non-hydrogen) atoms. The smallest absolute Gasteiger partial charge is 0.375 e. The van der Waals surface area contributed by atoms with Gasteiger partial charge in [-0.05, 0) is 18.9 Å². The van der Waals surface area contributed by atoms with Crippen molar-refractivity contribution in [2.75, 3.05) is 13.7 Å². The quantitative estimate of drug-likeness (QED) is 0.790. The van der Waals surface area contributed by atoms with Gasteiger partial charge >= 0.3 is 5.97 Å². The maximum absolute atomic E-state index is 12.4. The molecule has 1 aromatic heterocycles. The largest absolute Gasteiger partial charge is 0.450 e. The molecular weight excluding hydrogens is 338 g/mol. The lowest BCUT2D eigenvalue weighted by Gasteiger charge is -2.20. The number of benzene rings is 1. The number of carbonyl (C=O) groups is 2. The Morgan fingerprint density at radius 3 is 2.76 bits per heavy atom. The van der Waals surface area contributed by atoms with Crippen LogP contribution in [0.3, 0.4) is 0 Å². The van der Waals surface area contributed by atoms with E-state index >= 15 is 0 Å². The van der Waals surface area contributed by atoms with Gasteiger partial charge in [0.2, 0.25) is 5.76 Å². The van der Waals surface area contributed by atoms with Crippen LogP contribution in [0.1, 0.15) is 48.2 Å². The fourth-order valence-corrected chi connectivity index (χ4v) is 4.46. The summed E-state index contributed by atoms with van der Waals surface area (Å²) in [4.78, 5) is 23.7. The molecule has 0 radical (unpaired) electrons. The number of hydrogen-bond acceptors (Lipinski definition) is 5. The van der Waals surface area contributed by atoms with Crippen LogP contribution in [0.5, 0.6) is 0 Å². The standard InChI is InChI=1S/C19H23NO4S/c1-20-17(21)11-23-19(22)18-15(12-25-13-7-3-2-4-8-13)14-9-5-6-10-16(14)24-18/h5-6,9-10,13H,2-4,7-8,11-12H2,1H3,(H,20,21). The van der Waals surface area contributed by atoms with Crippen LogP contribution in [0.25, 0.3) is 11.0 Å². The summed E-state index contributed by atoms with van der Waals surface area (Å²) < 4.78 is 10.8. The molecule has 0 saturated heterocycles. The highest BCUT2D eigenvalue weighted by Crippen LogP contribution is 2.35. The maximum atomic E-state index is 12.4. The number of amides is 1. The van der Waals surface area contributed by atoms with Crippen LogP contribution in [-0.4, -0.2) is 30.8 Å². The van der Waals surface area contributed by atoms with E-state index in [1.807, 2.05) is 36.0 Å². The van der Waals surface area contributed by atoms with Crippen LogP contribution >= 0.6 is 11.8 Å². The Morgan fingerprint density at radius 1 is 1.24 bits per heavy atom. The first-order valence-electron chi connectivity index (χ1n) is 8.68. The zero-order valence-electron chi connectivity index (χ0n) is 14.4. The third-order valence-corrected chi connectivity index (χ3v) is 5.91. The molecule has 1 heterocycles. The van der Waals surface area contributed by atoms with Crippen LogP contribution in [0, 0.1) is 0 Å². The Bertz CT molecular complexity index is 749. The average Bonchev–Trinajstić information content (AvgIpc) is 3.03. The zero-order valence-corrected chi connectivity index (χ0v) is 15.2. The summed E-state index contributed by atoms with van der Waals surface area (Å²) in [6, 6.07) is 7.63. The molecule has 0 atom stereocenters. The van der Waals surface area contributed by atoms with Crippen molar-refractivity contribution >= 4 is 34.6 Å². The Morgan fingerprint density at radius 2 is 2.00 bits per heavy atom. The van der Waals surface area contributed by atoms with Gasteiger partial charge in [-0.15, -0.1) is 0 Å². The van der Waals surface area contributed by atoms with Gasteiger partial charge in [0, 0.05) is 29.0 Å². The maximum Gasteiger partial charge on any atom is 0.375 e. The van der Waals surface area contributed by atoms with E-state index in [9.17, 15) is 9.59 Å². The highest BCUT2D eigenvalue weighted by atomic mass is 32.2. The number of fused-ring (bicyclic) bond motifs is 1. The molecule has 0 bridgehead atoms. The molecule has 1 N–H and O–H groups in total. The molecule has 5 nitrogen and oxygen atoms in total. The minimum atomic E-state index is -0.584. The topological polar surface area (TPSA) is 68.5 Å². The number of ether oxygens (including phenoxy) is 1. The number of esters is 1. The molecular formula is C19H23NO4S. The van der Waals surface area contributed by atoms with Gasteiger partial charge in [-0.1, -0.05) is 37.5 Å². The summed E-state index contributed by atoms with van der Waals surface area (Å²) in [6.45, 7) is -0.304. The second-order valence-electron chi connectivity index (χ2n) is 6.23. The first kappa shape index (κ1) is 17.9. The van der Waals surface area contributed by atoms with E-state index in [0.29, 0.717) is 16.6 Å². The minimum Gasteiger partial charge on any atom is -0.450 e. The molecule has 3 rings (SSSR count). The second-order valence-corrected chi connectivity index (χ2v) is 7.51. The molecule has 0 aliphatic heterocycles. The third-order valence-electron chi connectivity index (χ3n) is 4.51. The number of furan rings is 1. The molecule has 2 aromatic rings. The predicted octanol–water partition coefficient (Wildman–Crippen LogP) is 3.90. The molecule has 1 aliphatic carbocycles. The number of para-hydroxylation sites is 1. The van der Waals surface area contributed by atoms with Crippen LogP contribution in [0.15, 0.2) is 28.7 Å². The van der Waals surface area contributed by atoms with Crippen molar-refractivity contribution < 1.29 is 18.7 Å². The predicted molar refractivity (Wildman–Crippen MR) is 98.7 cm³/mol. The number of thioether (sulfide) groups is 1. The van der Waals surface area contributed by atoms with E-state index in [-0.39, 0.29) is 18.3 Å². The summed E-state index contributed by atoms with van der Waals surface area (Å²) in [5, 5.41) is 4.01. The number of hydrogen-bond donors (Lipinski definition) is 1. The van der Waals surface area contributed by atoms with Gasteiger partial charge < -0.3 is 14.5 Å². The van der Waals surface area contributed by atoms with E-state index in [1.165, 1.54) is 39.2 Å². The highest BCUT2D eigenvalue weighted by molar-refractivity contribution is 7.99. The van der Waals surface area contributed by atoms with E-state index < -0.39 is 5.97 Å². The molecule has 0 spiro atoms. The van der Waals surface area contributed by atoms with E-state index in [2.05, 4.69) is 5.32 Å². The number of carbonyl (C=O) groups excluding carboxylic acids is 2. The number of rotatable bonds is 6. The summed E-state index contributed by atoms with van der Waals surface area (Å²) in [6.07, 6.45) is 6.35. The van der Waals surface area contributed by atoms with Gasteiger partial charge in [0.05, 0.1) is 0 Å². The summed E-state index contributed by atoms with van der Waals surface area (Å²) >= 11 is 1.88. The van der Waals surface area contributed by atoms with Crippen molar-refractivity contribution in [2.24, 2.45) is 0 Å². The SMILES string of the molecule is CNC(=O)COC(=O)c1oc2ccccc2c1CSC1CCCCC1. The minimum absolute atomic E-state index is 0.216. The van der Waals surface area contributed by atoms with Crippen molar-refractivity contribution in [3.63, 3.8) is 0 Å². The molecule has 1 saturated carbocycles. The van der Waals surface area contributed by atoms with Gasteiger partial charge in [0.1, 0.15) is 5.58 Å². The van der Waals surface area contributed by atoms with Crippen molar-refractivity contribution in [1.82, 2.24) is 5.32 Å². The normalized spacial score (nSPS) is 15.2. The van der Waals surface area contributed by atoms with E-state index in [1.54, 1.807) is 0 Å². The van der Waals surface area contributed by atoms with Gasteiger partial charge in [-0.3, -0.25) is 4.79 Å². The number of likely N-dealkylation sites (N-methyl/N-ethyl adjacent to an activating group) is 1. The molecule has 1 aromatic carbocycles. The Labute approximate surface area is 151 Å². The summed E-state index contributed by atoms with van der Waals surface area (Å²) in [5.74, 6) is 0.00145. The van der Waals surface area contributed by atoms with Crippen LogP contribution < -0.4 is 5.32 Å². The lowest BCUT2D eigenvalue weighted by atomic mass is 10.0. The molecule has 0 unspecified atom stereocenters. The number of nitrogens with one attached hydrogen (secondary N) is 1. The lowest BCUT2D eigenvalue weighted by molar-refractivity contribution is -0.123. The van der Waals surface area contributed by atoms with Crippen LogP contribution in [0.2, 0.25) is 0 Å². The molecule has 1 amide bonds. The van der Waals surface area contributed by atoms with Gasteiger partial charge in [0.15, 0.2) is 6.61 Å². The second kappa shape index (κ2) is 8.43. The molecule has 6 heteroatoms. The summed E-state index contributed by atoms with van der Waals surface area (Å²) in [7, 11) is 1.50. The third kappa shape index (κ3) is 4.37. The van der Waals surface area contributed by atoms with Crippen molar-refractivity contribution in [3.05, 3.63) is 35.6 Å². The Hall–Kier alpha value is -1.95. The Kier molecular flexibility index (Phi) is 6.02. The van der Waals surface area contributed by atoms with Gasteiger partial charge in [-0.25, -0.2) is 4.79 Å². The average molecular weight is 361 g/mol. The molecule has 1 fully saturated rings.